The number of carbonyl (C=O) groups is 1. The molecule has 0 fully saturated rings. The number of allylic oxidation sites excluding steroid dienone is 4. The van der Waals surface area contributed by atoms with Crippen LogP contribution in [-0.2, 0) is 0 Å². The predicted octanol–water partition coefficient (Wildman–Crippen LogP) is 5.38. The van der Waals surface area contributed by atoms with Crippen LogP contribution in [-0.4, -0.2) is 17.5 Å². The molecule has 5 N–H and O–H groups in total. The third kappa shape index (κ3) is 8.17. The molecule has 0 saturated carbocycles. The van der Waals surface area contributed by atoms with Crippen molar-refractivity contribution in [3.8, 4) is 0 Å². The van der Waals surface area contributed by atoms with Crippen LogP contribution >= 0.6 is 0 Å². The zero-order valence-electron chi connectivity index (χ0n) is 18.0. The number of hydrogen-bond donors (Lipinski definition) is 4. The minimum atomic E-state index is -0.698. The summed E-state index contributed by atoms with van der Waals surface area (Å²) in [4.78, 5) is 16.1. The lowest BCUT2D eigenvalue weighted by molar-refractivity contribution is 0.251. The molecule has 1 aromatic rings. The zero-order valence-corrected chi connectivity index (χ0v) is 18.0. The Kier molecular flexibility index (Phi) is 10.2. The van der Waals surface area contributed by atoms with E-state index in [1.165, 1.54) is 0 Å². The van der Waals surface area contributed by atoms with Crippen molar-refractivity contribution in [2.45, 2.75) is 47.5 Å². The van der Waals surface area contributed by atoms with Crippen molar-refractivity contribution < 1.29 is 4.79 Å². The molecule has 0 aliphatic heterocycles. The highest BCUT2D eigenvalue weighted by Gasteiger charge is 2.13. The second kappa shape index (κ2) is 12.3. The van der Waals surface area contributed by atoms with Crippen LogP contribution in [0.25, 0.3) is 0 Å². The van der Waals surface area contributed by atoms with Gasteiger partial charge in [-0.3, -0.25) is 15.7 Å². The van der Waals surface area contributed by atoms with E-state index in [1.54, 1.807) is 13.1 Å². The molecule has 1 rings (SSSR count). The molecule has 0 aromatic heterocycles. The Balaban J connectivity index is 3.32. The molecule has 6 heteroatoms. The second-order valence-electron chi connectivity index (χ2n) is 6.83. The normalized spacial score (nSPS) is 14.4. The summed E-state index contributed by atoms with van der Waals surface area (Å²) in [5.41, 5.74) is 8.60. The summed E-state index contributed by atoms with van der Waals surface area (Å²) in [6.07, 6.45) is 7.42. The van der Waals surface area contributed by atoms with E-state index in [4.69, 9.17) is 11.1 Å². The Hall–Kier alpha value is -3.15. The largest absolute Gasteiger partial charge is 0.351 e. The molecule has 1 aromatic carbocycles. The highest BCUT2D eigenvalue weighted by Crippen LogP contribution is 2.16. The predicted molar refractivity (Wildman–Crippen MR) is 123 cm³/mol. The first kappa shape index (κ1) is 23.9. The molecule has 6 nitrogen and oxygen atoms in total. The number of amides is 2. The van der Waals surface area contributed by atoms with Gasteiger partial charge in [-0.25, -0.2) is 4.79 Å². The van der Waals surface area contributed by atoms with Crippen molar-refractivity contribution in [3.05, 3.63) is 65.7 Å². The summed E-state index contributed by atoms with van der Waals surface area (Å²) in [5, 5.41) is 14.4. The van der Waals surface area contributed by atoms with Crippen LogP contribution in [0, 0.1) is 11.3 Å². The molecule has 0 radical (unpaired) electrons. The number of primary amides is 1. The molecule has 0 spiro atoms. The van der Waals surface area contributed by atoms with E-state index in [2.05, 4.69) is 29.5 Å². The number of hydrogen-bond acceptors (Lipinski definition) is 4. The zero-order chi connectivity index (χ0) is 21.8. The fourth-order valence-electron chi connectivity index (χ4n) is 2.38. The number of aliphatic imine (C=N–C) groups is 1. The average Bonchev–Trinajstić information content (AvgIpc) is 2.71. The smallest absolute Gasteiger partial charge is 0.317 e. The maximum Gasteiger partial charge on any atom is 0.317 e. The summed E-state index contributed by atoms with van der Waals surface area (Å²) in [6, 6.07) is 8.70. The minimum Gasteiger partial charge on any atom is -0.351 e. The number of benzene rings is 1. The van der Waals surface area contributed by atoms with Gasteiger partial charge in [-0.1, -0.05) is 51.1 Å². The van der Waals surface area contributed by atoms with E-state index in [0.717, 1.165) is 24.2 Å². The Labute approximate surface area is 174 Å². The SMILES string of the molecule is CC\C=C/C(=C\N=C(/C)C(C)CC)C(=N)/C(C)=C(/NC(N)=O)Nc1ccccc1. The number of anilines is 1. The number of rotatable bonds is 10. The van der Waals surface area contributed by atoms with E-state index < -0.39 is 6.03 Å². The van der Waals surface area contributed by atoms with Gasteiger partial charge in [0.05, 0.1) is 5.71 Å². The van der Waals surface area contributed by atoms with Crippen LogP contribution in [0.1, 0.15) is 47.5 Å². The van der Waals surface area contributed by atoms with E-state index in [0.29, 0.717) is 22.9 Å². The summed E-state index contributed by atoms with van der Waals surface area (Å²) in [6.45, 7) is 10.0. The maximum absolute atomic E-state index is 11.5. The van der Waals surface area contributed by atoms with Crippen LogP contribution in [0.2, 0.25) is 0 Å². The number of nitrogens with two attached hydrogens (primary N) is 1. The van der Waals surface area contributed by atoms with Gasteiger partial charge >= 0.3 is 6.03 Å². The monoisotopic (exact) mass is 395 g/mol. The molecule has 156 valence electrons. The molecule has 1 atom stereocenters. The molecule has 0 aliphatic rings. The lowest BCUT2D eigenvalue weighted by Gasteiger charge is -2.16. The minimum absolute atomic E-state index is 0.252. The van der Waals surface area contributed by atoms with Crippen molar-refractivity contribution in [1.29, 1.82) is 5.41 Å². The third-order valence-electron chi connectivity index (χ3n) is 4.60. The van der Waals surface area contributed by atoms with Crippen LogP contribution in [0.15, 0.2) is 70.6 Å². The molecule has 2 amide bonds. The first-order valence-electron chi connectivity index (χ1n) is 9.89. The first-order chi connectivity index (χ1) is 13.8. The van der Waals surface area contributed by atoms with Gasteiger partial charge in [-0.2, -0.15) is 0 Å². The fourth-order valence-corrected chi connectivity index (χ4v) is 2.38. The lowest BCUT2D eigenvalue weighted by Crippen LogP contribution is -2.33. The average molecular weight is 396 g/mol. The fraction of sp³-hybridized carbons (Fsp3) is 0.348. The van der Waals surface area contributed by atoms with E-state index >= 15 is 0 Å². The van der Waals surface area contributed by atoms with Gasteiger partial charge in [0.25, 0.3) is 0 Å². The van der Waals surface area contributed by atoms with E-state index in [-0.39, 0.29) is 5.71 Å². The molecule has 29 heavy (non-hydrogen) atoms. The van der Waals surface area contributed by atoms with Gasteiger partial charge < -0.3 is 11.1 Å². The Morgan fingerprint density at radius 2 is 1.90 bits per heavy atom. The van der Waals surface area contributed by atoms with Gasteiger partial charge in [-0.05, 0) is 44.7 Å². The van der Waals surface area contributed by atoms with Gasteiger partial charge in [0.2, 0.25) is 0 Å². The van der Waals surface area contributed by atoms with Crippen LogP contribution in [0.4, 0.5) is 10.5 Å². The Bertz CT molecular complexity index is 819. The molecule has 0 heterocycles. The van der Waals surface area contributed by atoms with Gasteiger partial charge in [0.15, 0.2) is 0 Å². The van der Waals surface area contributed by atoms with Crippen molar-refractivity contribution in [2.24, 2.45) is 16.6 Å². The van der Waals surface area contributed by atoms with Gasteiger partial charge in [-0.15, -0.1) is 0 Å². The van der Waals surface area contributed by atoms with Gasteiger partial charge in [0, 0.05) is 28.7 Å². The summed E-state index contributed by atoms with van der Waals surface area (Å²) in [7, 11) is 0. The number of nitrogens with one attached hydrogen (secondary N) is 3. The highest BCUT2D eigenvalue weighted by atomic mass is 16.2. The highest BCUT2D eigenvalue weighted by molar-refractivity contribution is 6.12. The van der Waals surface area contributed by atoms with Crippen molar-refractivity contribution in [1.82, 2.24) is 5.32 Å². The summed E-state index contributed by atoms with van der Waals surface area (Å²) >= 11 is 0. The lowest BCUT2D eigenvalue weighted by atomic mass is 10.0. The standard InChI is InChI=1S/C23H33N5O/c1-6-8-12-19(15-26-18(5)16(3)7-2)21(24)17(4)22(28-23(25)29)27-20-13-10-9-11-14-20/h8-16,24,27H,6-7H2,1-5H3,(H3,25,28,29)/b12-8-,19-15+,22-17+,24-21?,26-18+. The summed E-state index contributed by atoms with van der Waals surface area (Å²) < 4.78 is 0. The molecular formula is C23H33N5O. The van der Waals surface area contributed by atoms with Crippen LogP contribution in [0.3, 0.4) is 0 Å². The third-order valence-corrected chi connectivity index (χ3v) is 4.60. The van der Waals surface area contributed by atoms with E-state index in [1.807, 2.05) is 56.3 Å². The second-order valence-corrected chi connectivity index (χ2v) is 6.83. The molecule has 0 aliphatic carbocycles. The van der Waals surface area contributed by atoms with Gasteiger partial charge in [0.1, 0.15) is 5.82 Å². The quantitative estimate of drug-likeness (QED) is 0.316. The topological polar surface area (TPSA) is 103 Å². The number of nitrogens with zero attached hydrogens (tertiary/aromatic N) is 1. The van der Waals surface area contributed by atoms with Crippen LogP contribution < -0.4 is 16.4 Å². The first-order valence-corrected chi connectivity index (χ1v) is 9.89. The summed E-state index contributed by atoms with van der Waals surface area (Å²) in [5.74, 6) is 0.743. The number of carbonyl (C=O) groups excluding carboxylic acids is 1. The Morgan fingerprint density at radius 3 is 2.45 bits per heavy atom. The van der Waals surface area contributed by atoms with E-state index in [9.17, 15) is 4.79 Å². The molecule has 0 bridgehead atoms. The van der Waals surface area contributed by atoms with Crippen molar-refractivity contribution in [3.63, 3.8) is 0 Å². The van der Waals surface area contributed by atoms with Crippen molar-refractivity contribution >= 4 is 23.1 Å². The maximum atomic E-state index is 11.5. The molecule has 1 unspecified atom stereocenters. The Morgan fingerprint density at radius 1 is 1.24 bits per heavy atom. The molecular weight excluding hydrogens is 362 g/mol. The molecule has 0 saturated heterocycles. The number of urea groups is 1. The number of para-hydroxylation sites is 1. The van der Waals surface area contributed by atoms with Crippen molar-refractivity contribution in [2.75, 3.05) is 5.32 Å². The van der Waals surface area contributed by atoms with Crippen LogP contribution in [0.5, 0.6) is 0 Å².